The molecule has 0 aliphatic rings. The maximum absolute atomic E-state index is 12.0. The van der Waals surface area contributed by atoms with E-state index in [9.17, 15) is 4.79 Å². The molecule has 7 heteroatoms. The third kappa shape index (κ3) is 2.19. The number of pyridine rings is 1. The molecule has 0 spiro atoms. The van der Waals surface area contributed by atoms with Crippen LogP contribution in [-0.4, -0.2) is 19.5 Å². The number of aryl methyl sites for hydroxylation is 1. The van der Waals surface area contributed by atoms with Gasteiger partial charge < -0.3 is 5.73 Å². The Balaban J connectivity index is 2.09. The summed E-state index contributed by atoms with van der Waals surface area (Å²) in [6.45, 7) is 2.35. The molecule has 0 aliphatic carbocycles. The molecule has 0 aliphatic heterocycles. The van der Waals surface area contributed by atoms with Crippen LogP contribution in [0.15, 0.2) is 29.3 Å². The van der Waals surface area contributed by atoms with Gasteiger partial charge in [-0.05, 0) is 18.6 Å². The van der Waals surface area contributed by atoms with E-state index in [1.54, 1.807) is 17.0 Å². The van der Waals surface area contributed by atoms with Crippen LogP contribution in [0.1, 0.15) is 11.3 Å². The minimum absolute atomic E-state index is 0.0736. The number of hydrogen-bond donors (Lipinski definition) is 1. The molecule has 3 aromatic heterocycles. The summed E-state index contributed by atoms with van der Waals surface area (Å²) in [7, 11) is 0. The van der Waals surface area contributed by atoms with Crippen LogP contribution in [0, 0.1) is 6.92 Å². The summed E-state index contributed by atoms with van der Waals surface area (Å²) in [4.78, 5) is 24.1. The molecular weight excluding hydrogens is 262 g/mol. The lowest BCUT2D eigenvalue weighted by atomic mass is 10.2. The Morgan fingerprint density at radius 2 is 2.16 bits per heavy atom. The van der Waals surface area contributed by atoms with Crippen LogP contribution in [0.2, 0.25) is 0 Å². The zero-order chi connectivity index (χ0) is 13.4. The number of thiazole rings is 1. The summed E-state index contributed by atoms with van der Waals surface area (Å²) in [5, 5.41) is 0. The Morgan fingerprint density at radius 1 is 1.32 bits per heavy atom. The Bertz CT molecular complexity index is 790. The maximum Gasteiger partial charge on any atom is 0.309 e. The highest BCUT2D eigenvalue weighted by molar-refractivity contribution is 7.16. The first-order valence-electron chi connectivity index (χ1n) is 5.67. The van der Waals surface area contributed by atoms with Crippen molar-refractivity contribution in [2.45, 2.75) is 13.5 Å². The third-order valence-electron chi connectivity index (χ3n) is 2.74. The summed E-state index contributed by atoms with van der Waals surface area (Å²) in [5.74, 6) is 0.168. The number of nitrogen functional groups attached to an aromatic ring is 1. The third-order valence-corrected chi connectivity index (χ3v) is 3.64. The van der Waals surface area contributed by atoms with Crippen molar-refractivity contribution < 1.29 is 0 Å². The highest BCUT2D eigenvalue weighted by atomic mass is 32.1. The molecule has 96 valence electrons. The second kappa shape index (κ2) is 4.43. The molecule has 3 aromatic rings. The fourth-order valence-corrected chi connectivity index (χ4v) is 2.59. The molecule has 0 saturated carbocycles. The fourth-order valence-electron chi connectivity index (χ4n) is 1.79. The molecule has 0 fully saturated rings. The zero-order valence-electron chi connectivity index (χ0n) is 10.2. The number of anilines is 1. The zero-order valence-corrected chi connectivity index (χ0v) is 11.0. The van der Waals surface area contributed by atoms with E-state index in [2.05, 4.69) is 15.0 Å². The molecule has 3 rings (SSSR count). The normalized spacial score (nSPS) is 11.0. The van der Waals surface area contributed by atoms with Crippen LogP contribution >= 0.6 is 11.3 Å². The van der Waals surface area contributed by atoms with E-state index in [4.69, 9.17) is 5.73 Å². The molecule has 0 radical (unpaired) electrons. The van der Waals surface area contributed by atoms with Gasteiger partial charge in [0.1, 0.15) is 0 Å². The van der Waals surface area contributed by atoms with Gasteiger partial charge in [0.2, 0.25) is 5.95 Å². The molecule has 2 N–H and O–H groups in total. The van der Waals surface area contributed by atoms with Crippen molar-refractivity contribution in [3.8, 4) is 0 Å². The number of fused-ring (bicyclic) bond motifs is 1. The summed E-state index contributed by atoms with van der Waals surface area (Å²) in [6, 6.07) is 3.86. The predicted octanol–water partition coefficient (Wildman–Crippen LogP) is 1.19. The molecule has 6 nitrogen and oxygen atoms in total. The topological polar surface area (TPSA) is 86.7 Å². The number of aromatic nitrogens is 4. The van der Waals surface area contributed by atoms with Crippen molar-refractivity contribution in [1.82, 2.24) is 19.5 Å². The molecule has 3 heterocycles. The highest BCUT2D eigenvalue weighted by Gasteiger charge is 2.10. The SMILES string of the molecule is Cc1ccc(Cn2c(=O)sc3cnc(N)nc32)cn1. The van der Waals surface area contributed by atoms with E-state index < -0.39 is 0 Å². The number of nitrogens with two attached hydrogens (primary N) is 1. The average Bonchev–Trinajstić information content (AvgIpc) is 2.69. The van der Waals surface area contributed by atoms with Crippen molar-refractivity contribution >= 4 is 27.6 Å². The Hall–Kier alpha value is -2.28. The highest BCUT2D eigenvalue weighted by Crippen LogP contribution is 2.15. The number of nitrogens with zero attached hydrogens (tertiary/aromatic N) is 4. The molecule has 0 atom stereocenters. The summed E-state index contributed by atoms with van der Waals surface area (Å²) >= 11 is 1.12. The lowest BCUT2D eigenvalue weighted by molar-refractivity contribution is 0.798. The van der Waals surface area contributed by atoms with Crippen LogP contribution in [0.4, 0.5) is 5.95 Å². The summed E-state index contributed by atoms with van der Waals surface area (Å²) in [6.07, 6.45) is 3.34. The van der Waals surface area contributed by atoms with Crippen molar-refractivity contribution in [1.29, 1.82) is 0 Å². The van der Waals surface area contributed by atoms with Crippen LogP contribution in [0.25, 0.3) is 10.3 Å². The van der Waals surface area contributed by atoms with E-state index in [-0.39, 0.29) is 10.8 Å². The second-order valence-electron chi connectivity index (χ2n) is 4.18. The lowest BCUT2D eigenvalue weighted by Crippen LogP contribution is -2.14. The van der Waals surface area contributed by atoms with Gasteiger partial charge in [0, 0.05) is 11.9 Å². The lowest BCUT2D eigenvalue weighted by Gasteiger charge is -2.03. The molecule has 0 unspecified atom stereocenters. The minimum Gasteiger partial charge on any atom is -0.368 e. The van der Waals surface area contributed by atoms with Gasteiger partial charge in [-0.3, -0.25) is 14.3 Å². The van der Waals surface area contributed by atoms with E-state index >= 15 is 0 Å². The first kappa shape index (κ1) is 11.8. The van der Waals surface area contributed by atoms with E-state index in [0.29, 0.717) is 12.2 Å². The largest absolute Gasteiger partial charge is 0.368 e. The molecular formula is C12H11N5OS. The van der Waals surface area contributed by atoms with Gasteiger partial charge in [0.05, 0.1) is 17.4 Å². The van der Waals surface area contributed by atoms with Crippen LogP contribution < -0.4 is 10.6 Å². The van der Waals surface area contributed by atoms with Crippen molar-refractivity contribution in [3.05, 3.63) is 45.5 Å². The minimum atomic E-state index is -0.0736. The Labute approximate surface area is 112 Å². The van der Waals surface area contributed by atoms with Gasteiger partial charge in [-0.2, -0.15) is 4.98 Å². The summed E-state index contributed by atoms with van der Waals surface area (Å²) < 4.78 is 2.32. The molecule has 19 heavy (non-hydrogen) atoms. The van der Waals surface area contributed by atoms with Crippen molar-refractivity contribution in [2.24, 2.45) is 0 Å². The van der Waals surface area contributed by atoms with Crippen molar-refractivity contribution in [3.63, 3.8) is 0 Å². The standard InChI is InChI=1S/C12H11N5OS/c1-7-2-3-8(4-14-7)6-17-10-9(19-12(17)18)5-15-11(13)16-10/h2-5H,6H2,1H3,(H2,13,15,16). The van der Waals surface area contributed by atoms with Gasteiger partial charge in [-0.25, -0.2) is 4.98 Å². The van der Waals surface area contributed by atoms with E-state index in [1.165, 1.54) is 0 Å². The summed E-state index contributed by atoms with van der Waals surface area (Å²) in [5.41, 5.74) is 8.03. The maximum atomic E-state index is 12.0. The second-order valence-corrected chi connectivity index (χ2v) is 5.17. The quantitative estimate of drug-likeness (QED) is 0.757. The molecule has 0 bridgehead atoms. The van der Waals surface area contributed by atoms with Crippen LogP contribution in [0.3, 0.4) is 0 Å². The van der Waals surface area contributed by atoms with Gasteiger partial charge in [-0.15, -0.1) is 0 Å². The molecule has 0 aromatic carbocycles. The van der Waals surface area contributed by atoms with Crippen LogP contribution in [0.5, 0.6) is 0 Å². The van der Waals surface area contributed by atoms with Crippen LogP contribution in [-0.2, 0) is 6.54 Å². The monoisotopic (exact) mass is 273 g/mol. The Kier molecular flexibility index (Phi) is 2.75. The molecule has 0 saturated heterocycles. The number of rotatable bonds is 2. The van der Waals surface area contributed by atoms with Gasteiger partial charge in [0.15, 0.2) is 5.65 Å². The van der Waals surface area contributed by atoms with Gasteiger partial charge in [0.25, 0.3) is 0 Å². The predicted molar refractivity (Wildman–Crippen MR) is 74.2 cm³/mol. The van der Waals surface area contributed by atoms with Gasteiger partial charge in [-0.1, -0.05) is 17.4 Å². The average molecular weight is 273 g/mol. The van der Waals surface area contributed by atoms with Gasteiger partial charge >= 0.3 is 4.87 Å². The fraction of sp³-hybridized carbons (Fsp3) is 0.167. The van der Waals surface area contributed by atoms with Crippen molar-refractivity contribution in [2.75, 3.05) is 5.73 Å². The Morgan fingerprint density at radius 3 is 2.89 bits per heavy atom. The molecule has 0 amide bonds. The first-order valence-corrected chi connectivity index (χ1v) is 6.48. The number of hydrogen-bond acceptors (Lipinski definition) is 6. The smallest absolute Gasteiger partial charge is 0.309 e. The van der Waals surface area contributed by atoms with E-state index in [0.717, 1.165) is 27.3 Å². The first-order chi connectivity index (χ1) is 9.13. The van der Waals surface area contributed by atoms with E-state index in [1.807, 2.05) is 19.1 Å².